The molecule has 0 radical (unpaired) electrons. The number of benzene rings is 2. The number of nitrogens with zero attached hydrogens (tertiary/aromatic N) is 6. The zero-order chi connectivity index (χ0) is 29.5. The van der Waals surface area contributed by atoms with Gasteiger partial charge in [-0.3, -0.25) is 19.5 Å². The number of hydrogen-bond donors (Lipinski definition) is 1. The lowest BCUT2D eigenvalue weighted by Gasteiger charge is -2.55. The lowest BCUT2D eigenvalue weighted by Crippen LogP contribution is -2.63. The molecule has 2 aromatic carbocycles. The number of aromatic nitrogens is 5. The van der Waals surface area contributed by atoms with Gasteiger partial charge in [0.15, 0.2) is 11.3 Å². The van der Waals surface area contributed by atoms with Crippen LogP contribution in [-0.2, 0) is 5.54 Å². The van der Waals surface area contributed by atoms with Crippen LogP contribution < -0.4 is 0 Å². The molecule has 1 N–H and O–H groups in total. The summed E-state index contributed by atoms with van der Waals surface area (Å²) in [4.78, 5) is 42.3. The minimum Gasteiger partial charge on any atom is -0.390 e. The Morgan fingerprint density at radius 2 is 1.51 bits per heavy atom. The number of carbonyl (C=O) groups excluding carboxylic acids is 2. The maximum absolute atomic E-state index is 13.5. The van der Waals surface area contributed by atoms with Crippen molar-refractivity contribution < 1.29 is 14.7 Å². The Labute approximate surface area is 246 Å². The van der Waals surface area contributed by atoms with Gasteiger partial charge in [-0.25, -0.2) is 9.97 Å². The molecule has 0 bridgehead atoms. The molecule has 210 valence electrons. The van der Waals surface area contributed by atoms with Gasteiger partial charge in [-0.05, 0) is 55.3 Å². The Balaban J connectivity index is 1.27. The van der Waals surface area contributed by atoms with Crippen LogP contribution in [0.3, 0.4) is 0 Å². The number of aliphatic hydroxyl groups is 1. The molecule has 4 aromatic heterocycles. The van der Waals surface area contributed by atoms with Gasteiger partial charge in [-0.1, -0.05) is 36.4 Å². The monoisotopic (exact) mass is 566 g/mol. The summed E-state index contributed by atoms with van der Waals surface area (Å²) >= 11 is 0. The predicted molar refractivity (Wildman–Crippen MR) is 160 cm³/mol. The van der Waals surface area contributed by atoms with Crippen LogP contribution in [0.2, 0.25) is 0 Å². The third kappa shape index (κ3) is 3.74. The van der Waals surface area contributed by atoms with Gasteiger partial charge in [0.05, 0.1) is 33.7 Å². The van der Waals surface area contributed by atoms with Gasteiger partial charge in [0.25, 0.3) is 11.8 Å². The van der Waals surface area contributed by atoms with Crippen LogP contribution in [0.1, 0.15) is 51.7 Å². The lowest BCUT2D eigenvalue weighted by atomic mass is 9.61. The first-order chi connectivity index (χ1) is 20.7. The highest BCUT2D eigenvalue weighted by atomic mass is 16.3. The van der Waals surface area contributed by atoms with E-state index in [1.807, 2.05) is 55.6 Å². The summed E-state index contributed by atoms with van der Waals surface area (Å²) in [5, 5.41) is 16.3. The minimum atomic E-state index is -0.996. The van der Waals surface area contributed by atoms with E-state index in [1.54, 1.807) is 48.1 Å². The molecule has 0 atom stereocenters. The number of aryl methyl sites for hydroxylation is 1. The molecule has 0 unspecified atom stereocenters. The zero-order valence-corrected chi connectivity index (χ0v) is 23.5. The van der Waals surface area contributed by atoms with E-state index in [0.29, 0.717) is 16.8 Å². The molecule has 1 fully saturated rings. The normalized spacial score (nSPS) is 21.4. The van der Waals surface area contributed by atoms with Gasteiger partial charge < -0.3 is 5.11 Å². The maximum atomic E-state index is 13.5. The summed E-state index contributed by atoms with van der Waals surface area (Å²) in [5.74, 6) is -0.660. The van der Waals surface area contributed by atoms with Crippen molar-refractivity contribution in [3.05, 3.63) is 114 Å². The molecule has 2 amide bonds. The molecule has 0 spiro atoms. The molecule has 43 heavy (non-hydrogen) atoms. The van der Waals surface area contributed by atoms with E-state index in [2.05, 4.69) is 21.1 Å². The van der Waals surface area contributed by atoms with Gasteiger partial charge in [-0.15, -0.1) is 0 Å². The number of rotatable bonds is 4. The highest BCUT2D eigenvalue weighted by Gasteiger charge is 2.60. The van der Waals surface area contributed by atoms with Gasteiger partial charge >= 0.3 is 0 Å². The summed E-state index contributed by atoms with van der Waals surface area (Å²) in [6.07, 6.45) is 5.82. The van der Waals surface area contributed by atoms with Crippen molar-refractivity contribution in [3.63, 3.8) is 0 Å². The number of hydrogen-bond acceptors (Lipinski definition) is 7. The third-order valence-corrected chi connectivity index (χ3v) is 8.64. The Morgan fingerprint density at radius 3 is 2.16 bits per heavy atom. The summed E-state index contributed by atoms with van der Waals surface area (Å²) in [6, 6.07) is 22.6. The van der Waals surface area contributed by atoms with E-state index >= 15 is 0 Å². The molecule has 1 aliphatic carbocycles. The topological polar surface area (TPSA) is 114 Å². The number of pyridine rings is 2. The second-order valence-electron chi connectivity index (χ2n) is 11.8. The summed E-state index contributed by atoms with van der Waals surface area (Å²) in [6.45, 7) is 3.66. The number of fused-ring (bicyclic) bond motifs is 4. The first-order valence-corrected chi connectivity index (χ1v) is 14.1. The standard InChI is InChI=1S/C34H26N6O3/c1-20-15-28-36-17-23-16-27(21-11-13-35-14-12-21)29(37-30(23)40(28)38-20)22-7-9-24(10-8-22)34(18-33(2,43)19-34)39-31(41)25-5-3-4-6-26(25)32(39)42/h3-17,43H,18-19H2,1-2H3/t33-,34-. The van der Waals surface area contributed by atoms with E-state index in [9.17, 15) is 14.7 Å². The van der Waals surface area contributed by atoms with Gasteiger partial charge in [-0.2, -0.15) is 9.61 Å². The van der Waals surface area contributed by atoms with Crippen LogP contribution in [-0.4, -0.2) is 52.0 Å². The largest absolute Gasteiger partial charge is 0.390 e. The first-order valence-electron chi connectivity index (χ1n) is 14.1. The van der Waals surface area contributed by atoms with Crippen molar-refractivity contribution in [1.82, 2.24) is 29.5 Å². The maximum Gasteiger partial charge on any atom is 0.262 e. The number of carbonyl (C=O) groups is 2. The van der Waals surface area contributed by atoms with Gasteiger partial charge in [0, 0.05) is 54.0 Å². The fourth-order valence-corrected chi connectivity index (χ4v) is 6.84. The average Bonchev–Trinajstić information content (AvgIpc) is 3.52. The number of imide groups is 1. The Bertz CT molecular complexity index is 2080. The second kappa shape index (κ2) is 8.86. The summed E-state index contributed by atoms with van der Waals surface area (Å²) in [5.41, 5.74) is 5.36. The molecule has 9 heteroatoms. The molecule has 6 aromatic rings. The average molecular weight is 567 g/mol. The lowest BCUT2D eigenvalue weighted by molar-refractivity contribution is -0.118. The molecule has 9 nitrogen and oxygen atoms in total. The molecule has 5 heterocycles. The molecule has 0 saturated heterocycles. The van der Waals surface area contributed by atoms with Crippen LogP contribution >= 0.6 is 0 Å². The van der Waals surface area contributed by atoms with Gasteiger partial charge in [0.2, 0.25) is 0 Å². The van der Waals surface area contributed by atoms with Crippen molar-refractivity contribution >= 4 is 28.5 Å². The molecule has 8 rings (SSSR count). The fraction of sp³-hybridized carbons (Fsp3) is 0.176. The number of amides is 2. The first kappa shape index (κ1) is 25.4. The SMILES string of the molecule is Cc1cc2ncc3cc(-c4ccncc4)c(-c4ccc([C@]5(N6C(=O)c7ccccc7C6=O)C[C@](C)(O)C5)cc4)nc3n2n1. The molecule has 1 aliphatic heterocycles. The van der Waals surface area contributed by atoms with Crippen LogP contribution in [0.4, 0.5) is 0 Å². The Kier molecular flexibility index (Phi) is 5.24. The van der Waals surface area contributed by atoms with Crippen molar-refractivity contribution in [3.8, 4) is 22.4 Å². The van der Waals surface area contributed by atoms with E-state index < -0.39 is 11.1 Å². The summed E-state index contributed by atoms with van der Waals surface area (Å²) < 4.78 is 1.76. The smallest absolute Gasteiger partial charge is 0.262 e. The quantitative estimate of drug-likeness (QED) is 0.286. The highest BCUT2D eigenvalue weighted by Crippen LogP contribution is 2.54. The van der Waals surface area contributed by atoms with E-state index in [1.165, 1.54) is 4.90 Å². The van der Waals surface area contributed by atoms with E-state index in [4.69, 9.17) is 4.98 Å². The minimum absolute atomic E-state index is 0.255. The molecule has 2 aliphatic rings. The van der Waals surface area contributed by atoms with Crippen molar-refractivity contribution in [1.29, 1.82) is 0 Å². The van der Waals surface area contributed by atoms with Crippen LogP contribution in [0.25, 0.3) is 39.1 Å². The van der Waals surface area contributed by atoms with E-state index in [-0.39, 0.29) is 24.7 Å². The Morgan fingerprint density at radius 1 is 0.837 bits per heavy atom. The molecular weight excluding hydrogens is 540 g/mol. The summed E-state index contributed by atoms with van der Waals surface area (Å²) in [7, 11) is 0. The van der Waals surface area contributed by atoms with Crippen LogP contribution in [0.15, 0.2) is 91.4 Å². The van der Waals surface area contributed by atoms with Crippen molar-refractivity contribution in [2.75, 3.05) is 0 Å². The van der Waals surface area contributed by atoms with Crippen LogP contribution in [0, 0.1) is 6.92 Å². The van der Waals surface area contributed by atoms with Crippen molar-refractivity contribution in [2.24, 2.45) is 0 Å². The second-order valence-corrected chi connectivity index (χ2v) is 11.8. The zero-order valence-electron chi connectivity index (χ0n) is 23.5. The van der Waals surface area contributed by atoms with Gasteiger partial charge in [0.1, 0.15) is 0 Å². The van der Waals surface area contributed by atoms with Crippen LogP contribution in [0.5, 0.6) is 0 Å². The fourth-order valence-electron chi connectivity index (χ4n) is 6.84. The van der Waals surface area contributed by atoms with E-state index in [0.717, 1.165) is 44.7 Å². The third-order valence-electron chi connectivity index (χ3n) is 8.64. The predicted octanol–water partition coefficient (Wildman–Crippen LogP) is 5.35. The molecular formula is C34H26N6O3. The van der Waals surface area contributed by atoms with Crippen molar-refractivity contribution in [2.45, 2.75) is 37.8 Å². The highest BCUT2D eigenvalue weighted by molar-refractivity contribution is 6.22. The Hall–Kier alpha value is -5.28. The molecule has 1 saturated carbocycles.